The summed E-state index contributed by atoms with van der Waals surface area (Å²) in [6, 6.07) is 18.2. The van der Waals surface area contributed by atoms with Gasteiger partial charge in [-0.3, -0.25) is 19.2 Å². The summed E-state index contributed by atoms with van der Waals surface area (Å²) >= 11 is 0. The van der Waals surface area contributed by atoms with Crippen molar-refractivity contribution in [1.29, 1.82) is 0 Å². The van der Waals surface area contributed by atoms with Crippen LogP contribution in [0.2, 0.25) is 0 Å². The molecule has 0 radical (unpaired) electrons. The summed E-state index contributed by atoms with van der Waals surface area (Å²) in [5, 5.41) is 15.5. The van der Waals surface area contributed by atoms with Crippen LogP contribution in [0.25, 0.3) is 0 Å². The van der Waals surface area contributed by atoms with Crippen LogP contribution in [0.1, 0.15) is 79.2 Å². The van der Waals surface area contributed by atoms with Gasteiger partial charge in [-0.1, -0.05) is 65.8 Å². The number of esters is 1. The molecule has 4 aromatic rings. The molecule has 1 aliphatic rings. The second-order valence-electron chi connectivity index (χ2n) is 14.9. The Bertz CT molecular complexity index is 1960. The maximum absolute atomic E-state index is 14.1. The summed E-state index contributed by atoms with van der Waals surface area (Å²) in [6.07, 6.45) is 3.64. The van der Waals surface area contributed by atoms with Crippen LogP contribution >= 0.6 is 12.4 Å². The molecule has 1 unspecified atom stereocenters. The minimum absolute atomic E-state index is 0. The Labute approximate surface area is 350 Å². The van der Waals surface area contributed by atoms with Gasteiger partial charge < -0.3 is 44.7 Å². The minimum Gasteiger partial charge on any atom is -0.490 e. The summed E-state index contributed by atoms with van der Waals surface area (Å²) in [5.41, 5.74) is 0.986. The number of benzene rings is 2. The molecule has 4 N–H and O–H groups in total. The largest absolute Gasteiger partial charge is 0.490 e. The maximum atomic E-state index is 14.1. The van der Waals surface area contributed by atoms with Crippen LogP contribution < -0.4 is 30.7 Å². The van der Waals surface area contributed by atoms with E-state index < -0.39 is 47.9 Å². The third-order valence-corrected chi connectivity index (χ3v) is 8.95. The molecule has 0 saturated heterocycles. The second kappa shape index (κ2) is 22.5. The van der Waals surface area contributed by atoms with E-state index in [0.29, 0.717) is 30.7 Å². The number of amides is 3. The van der Waals surface area contributed by atoms with Gasteiger partial charge in [0.1, 0.15) is 35.6 Å². The number of halogens is 1. The van der Waals surface area contributed by atoms with Crippen molar-refractivity contribution in [1.82, 2.24) is 36.4 Å². The first-order valence-corrected chi connectivity index (χ1v) is 19.3. The highest BCUT2D eigenvalue weighted by atomic mass is 35.5. The van der Waals surface area contributed by atoms with Crippen LogP contribution in [0.15, 0.2) is 77.4 Å². The van der Waals surface area contributed by atoms with Gasteiger partial charge >= 0.3 is 5.97 Å². The van der Waals surface area contributed by atoms with Gasteiger partial charge in [0.2, 0.25) is 23.6 Å². The molecule has 17 heteroatoms. The summed E-state index contributed by atoms with van der Waals surface area (Å²) in [5.74, 6) is -1.09. The number of carbonyl (C=O) groups is 4. The molecule has 5 rings (SSSR count). The normalized spacial score (nSPS) is 13.8. The van der Waals surface area contributed by atoms with E-state index in [0.717, 1.165) is 24.0 Å². The number of pyridine rings is 1. The number of aromatic nitrogens is 3. The number of nitrogens with one attached hydrogen (secondary N) is 4. The zero-order valence-electron chi connectivity index (χ0n) is 34.0. The van der Waals surface area contributed by atoms with Crippen LogP contribution in [0.5, 0.6) is 11.6 Å². The quantitative estimate of drug-likeness (QED) is 0.0832. The summed E-state index contributed by atoms with van der Waals surface area (Å²) < 4.78 is 28.3. The van der Waals surface area contributed by atoms with Crippen LogP contribution in [0.3, 0.4) is 0 Å². The highest BCUT2D eigenvalue weighted by molar-refractivity contribution is 6.02. The molecule has 2 aromatic heterocycles. The highest BCUT2D eigenvalue weighted by Crippen LogP contribution is 2.38. The van der Waals surface area contributed by atoms with Crippen LogP contribution in [-0.4, -0.2) is 96.5 Å². The lowest BCUT2D eigenvalue weighted by atomic mass is 10.1. The molecule has 16 nitrogen and oxygen atoms in total. The number of rotatable bonds is 22. The van der Waals surface area contributed by atoms with Crippen LogP contribution in [0.4, 0.5) is 0 Å². The van der Waals surface area contributed by atoms with Gasteiger partial charge in [0.05, 0.1) is 32.8 Å². The molecule has 1 fully saturated rings. The molecule has 2 heterocycles. The van der Waals surface area contributed by atoms with E-state index in [1.54, 1.807) is 27.8 Å². The maximum Gasteiger partial charge on any atom is 0.308 e. The van der Waals surface area contributed by atoms with E-state index in [1.165, 1.54) is 19.4 Å². The fraction of sp³-hybridized carbons (Fsp3) is 0.452. The van der Waals surface area contributed by atoms with Crippen molar-refractivity contribution in [3.05, 3.63) is 101 Å². The highest BCUT2D eigenvalue weighted by Gasteiger charge is 2.32. The average Bonchev–Trinajstić information content (AvgIpc) is 3.95. The topological polar surface area (TPSA) is 205 Å². The van der Waals surface area contributed by atoms with Crippen molar-refractivity contribution in [3.63, 3.8) is 0 Å². The molecule has 0 bridgehead atoms. The monoisotopic (exact) mass is 835 g/mol. The smallest absolute Gasteiger partial charge is 0.308 e. The minimum atomic E-state index is -1.35. The Balaban J connectivity index is 0.00000769. The lowest BCUT2D eigenvalue weighted by molar-refractivity contribution is -0.156. The van der Waals surface area contributed by atoms with Crippen molar-refractivity contribution in [2.75, 3.05) is 33.9 Å². The lowest BCUT2D eigenvalue weighted by Crippen LogP contribution is -2.51. The molecule has 2 aromatic carbocycles. The Morgan fingerprint density at radius 3 is 2.24 bits per heavy atom. The van der Waals surface area contributed by atoms with Gasteiger partial charge in [-0.05, 0) is 64.3 Å². The summed E-state index contributed by atoms with van der Waals surface area (Å²) in [4.78, 5) is 62.7. The zero-order valence-corrected chi connectivity index (χ0v) is 34.8. The number of hydrogen-bond acceptors (Lipinski definition) is 13. The first-order valence-electron chi connectivity index (χ1n) is 19.3. The summed E-state index contributed by atoms with van der Waals surface area (Å²) in [6.45, 7) is 5.63. The van der Waals surface area contributed by atoms with Crippen molar-refractivity contribution in [3.8, 4) is 11.6 Å². The molecule has 59 heavy (non-hydrogen) atoms. The molecular formula is C42H54ClN7O9. The van der Waals surface area contributed by atoms with Crippen molar-refractivity contribution < 1.29 is 42.6 Å². The number of nitrogens with zero attached hydrogens (tertiary/aromatic N) is 3. The molecule has 3 amide bonds. The standard InChI is InChI=1S/C42H53N7O9.ClH/c1-42(2,3)57-35(50)23-31(38(51)44-21-19-34-48-37(49-58-34)29-16-17-29)47-40(53)36-33(18-20-45-41(36)54-5)56-25-30(22-27-12-8-6-9-13-27)46-39(52)32(43-4)26-55-24-28-14-10-7-11-15-28;/h6-15,18,20,29-32,43H,16-17,19,21-26H2,1-5H3,(H,44,51)(H,46,52)(H,47,53);1H/t30-,31+,32?;/m1./s1. The zero-order chi connectivity index (χ0) is 41.5. The first kappa shape index (κ1) is 46.1. The average molecular weight is 836 g/mol. The Morgan fingerprint density at radius 2 is 1.59 bits per heavy atom. The third kappa shape index (κ3) is 14.9. The number of hydrogen-bond donors (Lipinski definition) is 4. The van der Waals surface area contributed by atoms with E-state index in [1.807, 2.05) is 60.7 Å². The van der Waals surface area contributed by atoms with Gasteiger partial charge in [-0.25, -0.2) is 4.98 Å². The lowest BCUT2D eigenvalue weighted by Gasteiger charge is -2.24. The molecule has 1 saturated carbocycles. The summed E-state index contributed by atoms with van der Waals surface area (Å²) in [7, 11) is 3.03. The fourth-order valence-corrected chi connectivity index (χ4v) is 5.89. The number of ether oxygens (including phenoxy) is 4. The van der Waals surface area contributed by atoms with Gasteiger partial charge in [-0.15, -0.1) is 12.4 Å². The van der Waals surface area contributed by atoms with E-state index in [-0.39, 0.29) is 61.7 Å². The SMILES string of the molecule is CNC(COCc1ccccc1)C(=O)N[C@@H](COc1ccnc(OC)c1C(=O)N[C@@H](CC(=O)OC(C)(C)C)C(=O)NCCc1nc(C2CC2)no1)Cc1ccccc1.Cl. The van der Waals surface area contributed by atoms with Crippen LogP contribution in [0, 0.1) is 0 Å². The molecule has 318 valence electrons. The Morgan fingerprint density at radius 1 is 0.898 bits per heavy atom. The molecule has 0 spiro atoms. The Kier molecular flexibility index (Phi) is 17.6. The first-order chi connectivity index (χ1) is 27.9. The van der Waals surface area contributed by atoms with Crippen LogP contribution in [-0.2, 0) is 43.3 Å². The van der Waals surface area contributed by atoms with Crippen molar-refractivity contribution in [2.45, 2.75) is 89.1 Å². The third-order valence-electron chi connectivity index (χ3n) is 8.95. The molecule has 1 aliphatic carbocycles. The predicted octanol–water partition coefficient (Wildman–Crippen LogP) is 3.87. The Hall–Kier alpha value is -5.58. The van der Waals surface area contributed by atoms with Gasteiger partial charge in [0.25, 0.3) is 5.91 Å². The number of carbonyl (C=O) groups excluding carboxylic acids is 4. The number of methoxy groups -OCH3 is 1. The van der Waals surface area contributed by atoms with E-state index in [9.17, 15) is 19.2 Å². The second-order valence-corrected chi connectivity index (χ2v) is 14.9. The van der Waals surface area contributed by atoms with Gasteiger partial charge in [-0.2, -0.15) is 4.98 Å². The fourth-order valence-electron chi connectivity index (χ4n) is 5.89. The number of likely N-dealkylation sites (N-methyl/N-ethyl adjacent to an activating group) is 1. The molecule has 0 aliphatic heterocycles. The van der Waals surface area contributed by atoms with Crippen molar-refractivity contribution in [2.24, 2.45) is 0 Å². The molecule has 3 atom stereocenters. The van der Waals surface area contributed by atoms with E-state index >= 15 is 0 Å². The molecular weight excluding hydrogens is 782 g/mol. The van der Waals surface area contributed by atoms with E-state index in [4.69, 9.17) is 23.5 Å². The van der Waals surface area contributed by atoms with E-state index in [2.05, 4.69) is 36.4 Å². The predicted molar refractivity (Wildman–Crippen MR) is 219 cm³/mol. The van der Waals surface area contributed by atoms with Crippen molar-refractivity contribution >= 4 is 36.1 Å². The van der Waals surface area contributed by atoms with Gasteiger partial charge in [0, 0.05) is 25.1 Å². The van der Waals surface area contributed by atoms with Gasteiger partial charge in [0.15, 0.2) is 5.82 Å².